The van der Waals surface area contributed by atoms with Gasteiger partial charge in [0.1, 0.15) is 12.4 Å². The molecule has 1 fully saturated rings. The van der Waals surface area contributed by atoms with E-state index >= 15 is 0 Å². The van der Waals surface area contributed by atoms with Crippen molar-refractivity contribution in [1.82, 2.24) is 4.90 Å². The predicted octanol–water partition coefficient (Wildman–Crippen LogP) is 0.774. The van der Waals surface area contributed by atoms with Gasteiger partial charge in [-0.15, -0.1) is 0 Å². The third-order valence-corrected chi connectivity index (χ3v) is 3.26. The fourth-order valence-electron chi connectivity index (χ4n) is 2.28. The van der Waals surface area contributed by atoms with Crippen molar-refractivity contribution >= 4 is 5.91 Å². The van der Waals surface area contributed by atoms with E-state index in [-0.39, 0.29) is 18.5 Å². The molecule has 1 amide bonds. The van der Waals surface area contributed by atoms with Gasteiger partial charge in [0.2, 0.25) is 5.91 Å². The van der Waals surface area contributed by atoms with Crippen LogP contribution in [0.3, 0.4) is 0 Å². The minimum atomic E-state index is -0.490. The van der Waals surface area contributed by atoms with Gasteiger partial charge in [0.15, 0.2) is 0 Å². The maximum Gasteiger partial charge on any atom is 0.243 e. The molecular weight excluding hydrogens is 261 g/mol. The van der Waals surface area contributed by atoms with E-state index in [0.717, 1.165) is 13.0 Å². The average molecular weight is 277 g/mol. The van der Waals surface area contributed by atoms with Gasteiger partial charge in [-0.1, -0.05) is 0 Å². The largest absolute Gasteiger partial charge is 0.368 e. The lowest BCUT2D eigenvalue weighted by Gasteiger charge is -2.16. The lowest BCUT2D eigenvalue weighted by Crippen LogP contribution is -2.27. The van der Waals surface area contributed by atoms with Crippen LogP contribution in [0.15, 0.2) is 18.2 Å². The molecular formula is C14H16FN3O2. The summed E-state index contributed by atoms with van der Waals surface area (Å²) in [6.07, 6.45) is 0.733. The van der Waals surface area contributed by atoms with Crippen molar-refractivity contribution in [2.45, 2.75) is 19.1 Å². The molecule has 1 aliphatic heterocycles. The standard InChI is InChI=1S/C14H16FN3O2/c15-13-2-1-10(6-16)5-11(13)7-18-4-3-12(8-18)20-9-14(17)19/h1-2,5,12H,3-4,7-9H2,(H2,17,19). The van der Waals surface area contributed by atoms with Crippen molar-refractivity contribution < 1.29 is 13.9 Å². The first-order chi connectivity index (χ1) is 9.58. The number of ether oxygens (including phenoxy) is 1. The van der Waals surface area contributed by atoms with Gasteiger partial charge < -0.3 is 10.5 Å². The van der Waals surface area contributed by atoms with E-state index in [9.17, 15) is 9.18 Å². The number of hydrogen-bond acceptors (Lipinski definition) is 4. The van der Waals surface area contributed by atoms with Gasteiger partial charge in [-0.25, -0.2) is 4.39 Å². The maximum absolute atomic E-state index is 13.7. The van der Waals surface area contributed by atoms with Crippen LogP contribution in [0.25, 0.3) is 0 Å². The van der Waals surface area contributed by atoms with Gasteiger partial charge in [-0.2, -0.15) is 5.26 Å². The SMILES string of the molecule is N#Cc1ccc(F)c(CN2CCC(OCC(N)=O)C2)c1. The molecule has 1 aromatic carbocycles. The van der Waals surface area contributed by atoms with Crippen molar-refractivity contribution in [3.05, 3.63) is 35.1 Å². The quantitative estimate of drug-likeness (QED) is 0.862. The topological polar surface area (TPSA) is 79.3 Å². The van der Waals surface area contributed by atoms with Crippen LogP contribution in [0.4, 0.5) is 4.39 Å². The van der Waals surface area contributed by atoms with Crippen LogP contribution >= 0.6 is 0 Å². The number of amides is 1. The van der Waals surface area contributed by atoms with Gasteiger partial charge in [0, 0.05) is 25.2 Å². The highest BCUT2D eigenvalue weighted by molar-refractivity contribution is 5.75. The molecule has 1 aliphatic rings. The molecule has 2 N–H and O–H groups in total. The molecule has 20 heavy (non-hydrogen) atoms. The number of rotatable bonds is 5. The Kier molecular flexibility index (Phi) is 4.66. The van der Waals surface area contributed by atoms with Gasteiger partial charge in [-0.05, 0) is 24.6 Å². The second-order valence-corrected chi connectivity index (χ2v) is 4.84. The Balaban J connectivity index is 1.92. The molecule has 0 spiro atoms. The Labute approximate surface area is 116 Å². The lowest BCUT2D eigenvalue weighted by atomic mass is 10.1. The van der Waals surface area contributed by atoms with E-state index in [1.807, 2.05) is 11.0 Å². The molecule has 6 heteroatoms. The second kappa shape index (κ2) is 6.46. The first-order valence-corrected chi connectivity index (χ1v) is 6.39. The summed E-state index contributed by atoms with van der Waals surface area (Å²) in [5.41, 5.74) is 5.97. The summed E-state index contributed by atoms with van der Waals surface area (Å²) < 4.78 is 19.0. The number of nitrogens with zero attached hydrogens (tertiary/aromatic N) is 2. The minimum absolute atomic E-state index is 0.0512. The van der Waals surface area contributed by atoms with Crippen LogP contribution in [0, 0.1) is 17.1 Å². The molecule has 0 bridgehead atoms. The fourth-order valence-corrected chi connectivity index (χ4v) is 2.28. The number of nitrogens with two attached hydrogens (primary N) is 1. The highest BCUT2D eigenvalue weighted by atomic mass is 19.1. The van der Waals surface area contributed by atoms with Crippen LogP contribution < -0.4 is 5.73 Å². The number of nitriles is 1. The van der Waals surface area contributed by atoms with Crippen molar-refractivity contribution in [3.63, 3.8) is 0 Å². The lowest BCUT2D eigenvalue weighted by molar-refractivity contribution is -0.124. The Morgan fingerprint density at radius 1 is 1.60 bits per heavy atom. The van der Waals surface area contributed by atoms with Crippen molar-refractivity contribution in [3.8, 4) is 6.07 Å². The Hall–Kier alpha value is -1.97. The Bertz CT molecular complexity index is 542. The van der Waals surface area contributed by atoms with Crippen LogP contribution in [0.1, 0.15) is 17.5 Å². The van der Waals surface area contributed by atoms with Crippen molar-refractivity contribution in [2.24, 2.45) is 5.73 Å². The van der Waals surface area contributed by atoms with Crippen LogP contribution in [0.2, 0.25) is 0 Å². The second-order valence-electron chi connectivity index (χ2n) is 4.84. The molecule has 1 heterocycles. The van der Waals surface area contributed by atoms with E-state index in [1.54, 1.807) is 6.07 Å². The van der Waals surface area contributed by atoms with E-state index in [1.165, 1.54) is 12.1 Å². The Morgan fingerprint density at radius 2 is 2.40 bits per heavy atom. The zero-order valence-corrected chi connectivity index (χ0v) is 11.0. The minimum Gasteiger partial charge on any atom is -0.368 e. The summed E-state index contributed by atoms with van der Waals surface area (Å²) in [5.74, 6) is -0.804. The number of benzene rings is 1. The molecule has 0 aliphatic carbocycles. The first-order valence-electron chi connectivity index (χ1n) is 6.39. The number of halogens is 1. The van der Waals surface area contributed by atoms with Crippen LogP contribution in [0.5, 0.6) is 0 Å². The van der Waals surface area contributed by atoms with Gasteiger partial charge >= 0.3 is 0 Å². The molecule has 1 unspecified atom stereocenters. The predicted molar refractivity (Wildman–Crippen MR) is 69.9 cm³/mol. The summed E-state index contributed by atoms with van der Waals surface area (Å²) in [5, 5.41) is 8.83. The molecule has 2 rings (SSSR count). The number of carbonyl (C=O) groups is 1. The average Bonchev–Trinajstić information content (AvgIpc) is 2.86. The number of likely N-dealkylation sites (tertiary alicyclic amines) is 1. The van der Waals surface area contributed by atoms with Crippen LogP contribution in [-0.2, 0) is 16.1 Å². The molecule has 0 aromatic heterocycles. The zero-order valence-electron chi connectivity index (χ0n) is 11.0. The monoisotopic (exact) mass is 277 g/mol. The first kappa shape index (κ1) is 14.4. The van der Waals surface area contributed by atoms with Crippen molar-refractivity contribution in [1.29, 1.82) is 5.26 Å². The smallest absolute Gasteiger partial charge is 0.243 e. The highest BCUT2D eigenvalue weighted by Crippen LogP contribution is 2.18. The van der Waals surface area contributed by atoms with Gasteiger partial charge in [0.05, 0.1) is 17.7 Å². The van der Waals surface area contributed by atoms with E-state index in [2.05, 4.69) is 0 Å². The van der Waals surface area contributed by atoms with E-state index in [4.69, 9.17) is 15.7 Å². The molecule has 1 aromatic rings. The summed E-state index contributed by atoms with van der Waals surface area (Å²) in [6, 6.07) is 6.33. The summed E-state index contributed by atoms with van der Waals surface area (Å²) in [6.45, 7) is 1.73. The van der Waals surface area contributed by atoms with Crippen molar-refractivity contribution in [2.75, 3.05) is 19.7 Å². The summed E-state index contributed by atoms with van der Waals surface area (Å²) >= 11 is 0. The molecule has 5 nitrogen and oxygen atoms in total. The van der Waals surface area contributed by atoms with Crippen LogP contribution in [-0.4, -0.2) is 36.6 Å². The van der Waals surface area contributed by atoms with Gasteiger partial charge in [-0.3, -0.25) is 9.69 Å². The summed E-state index contributed by atoms with van der Waals surface area (Å²) in [4.78, 5) is 12.7. The Morgan fingerprint density at radius 3 is 3.10 bits per heavy atom. The number of hydrogen-bond donors (Lipinski definition) is 1. The zero-order chi connectivity index (χ0) is 14.5. The third-order valence-electron chi connectivity index (χ3n) is 3.26. The molecule has 1 atom stereocenters. The number of carbonyl (C=O) groups excluding carboxylic acids is 1. The van der Waals surface area contributed by atoms with E-state index in [0.29, 0.717) is 24.2 Å². The number of primary amides is 1. The molecule has 106 valence electrons. The molecule has 0 radical (unpaired) electrons. The van der Waals surface area contributed by atoms with Gasteiger partial charge in [0.25, 0.3) is 0 Å². The molecule has 1 saturated heterocycles. The van der Waals surface area contributed by atoms with E-state index < -0.39 is 5.91 Å². The third kappa shape index (κ3) is 3.76. The highest BCUT2D eigenvalue weighted by Gasteiger charge is 2.24. The maximum atomic E-state index is 13.7. The normalized spacial score (nSPS) is 18.9. The fraction of sp³-hybridized carbons (Fsp3) is 0.429. The summed E-state index contributed by atoms with van der Waals surface area (Å²) in [7, 11) is 0. The molecule has 0 saturated carbocycles.